The van der Waals surface area contributed by atoms with Crippen molar-refractivity contribution in [3.05, 3.63) is 29.8 Å². The molecule has 0 aromatic heterocycles. The van der Waals surface area contributed by atoms with E-state index in [2.05, 4.69) is 5.32 Å². The average Bonchev–Trinajstić information content (AvgIpc) is 2.87. The number of methoxy groups -OCH3 is 2. The van der Waals surface area contributed by atoms with Crippen LogP contribution in [0.5, 0.6) is 5.75 Å². The maximum absolute atomic E-state index is 12.0. The van der Waals surface area contributed by atoms with Crippen molar-refractivity contribution in [2.75, 3.05) is 26.7 Å². The van der Waals surface area contributed by atoms with Crippen molar-refractivity contribution in [2.24, 2.45) is 0 Å². The molecule has 1 aliphatic rings. The number of hydrogen-bond acceptors (Lipinski definition) is 5. The summed E-state index contributed by atoms with van der Waals surface area (Å²) in [4.78, 5) is 25.6. The van der Waals surface area contributed by atoms with Gasteiger partial charge in [-0.3, -0.25) is 9.59 Å². The van der Waals surface area contributed by atoms with Crippen LogP contribution in [0.15, 0.2) is 24.3 Å². The van der Waals surface area contributed by atoms with Crippen LogP contribution in [-0.2, 0) is 16.1 Å². The molecule has 7 heteroatoms. The third-order valence-electron chi connectivity index (χ3n) is 3.18. The Labute approximate surface area is 127 Å². The Bertz CT molecular complexity index is 506. The van der Waals surface area contributed by atoms with Gasteiger partial charge in [-0.2, -0.15) is 0 Å². The molecule has 21 heavy (non-hydrogen) atoms. The zero-order valence-corrected chi connectivity index (χ0v) is 12.8. The summed E-state index contributed by atoms with van der Waals surface area (Å²) >= 11 is 1.16. The largest absolute Gasteiger partial charge is 0.497 e. The van der Waals surface area contributed by atoms with E-state index < -0.39 is 6.04 Å². The van der Waals surface area contributed by atoms with Crippen molar-refractivity contribution in [3.63, 3.8) is 0 Å². The Hall–Kier alpha value is -1.73. The first kappa shape index (κ1) is 15.7. The summed E-state index contributed by atoms with van der Waals surface area (Å²) in [7, 11) is 3.11. The molecule has 1 aromatic rings. The normalized spacial score (nSPS) is 17.9. The molecular weight excluding hydrogens is 292 g/mol. The van der Waals surface area contributed by atoms with Crippen LogP contribution in [0.1, 0.15) is 5.56 Å². The summed E-state index contributed by atoms with van der Waals surface area (Å²) in [5.74, 6) is 1.03. The Kier molecular flexibility index (Phi) is 5.46. The molecule has 1 aromatic carbocycles. The fourth-order valence-electron chi connectivity index (χ4n) is 2.03. The smallest absolute Gasteiger partial charge is 0.282 e. The lowest BCUT2D eigenvalue weighted by Gasteiger charge is -2.23. The lowest BCUT2D eigenvalue weighted by atomic mass is 10.2. The average molecular weight is 310 g/mol. The van der Waals surface area contributed by atoms with E-state index in [9.17, 15) is 9.59 Å². The van der Waals surface area contributed by atoms with E-state index in [1.165, 1.54) is 7.11 Å². The van der Waals surface area contributed by atoms with Gasteiger partial charge in [0.25, 0.3) is 5.24 Å². The van der Waals surface area contributed by atoms with Gasteiger partial charge in [0.15, 0.2) is 0 Å². The van der Waals surface area contributed by atoms with Crippen LogP contribution < -0.4 is 10.1 Å². The summed E-state index contributed by atoms with van der Waals surface area (Å²) in [6, 6.07) is 6.99. The highest BCUT2D eigenvalue weighted by Gasteiger charge is 2.36. The fraction of sp³-hybridized carbons (Fsp3) is 0.429. The van der Waals surface area contributed by atoms with Crippen molar-refractivity contribution in [1.29, 1.82) is 0 Å². The molecule has 0 bridgehead atoms. The van der Waals surface area contributed by atoms with Crippen molar-refractivity contribution in [1.82, 2.24) is 10.2 Å². The summed E-state index contributed by atoms with van der Waals surface area (Å²) in [6.07, 6.45) is 0. The molecule has 1 unspecified atom stereocenters. The molecule has 0 radical (unpaired) electrons. The maximum Gasteiger partial charge on any atom is 0.282 e. The summed E-state index contributed by atoms with van der Waals surface area (Å²) in [5.41, 5.74) is 0.955. The van der Waals surface area contributed by atoms with Crippen LogP contribution in [0.4, 0.5) is 4.79 Å². The molecule has 1 N–H and O–H groups in total. The van der Waals surface area contributed by atoms with Crippen molar-refractivity contribution in [2.45, 2.75) is 12.6 Å². The van der Waals surface area contributed by atoms with E-state index in [1.807, 2.05) is 24.3 Å². The van der Waals surface area contributed by atoms with Gasteiger partial charge in [-0.1, -0.05) is 23.9 Å². The number of carbonyl (C=O) groups excluding carboxylic acids is 2. The first-order valence-electron chi connectivity index (χ1n) is 6.48. The van der Waals surface area contributed by atoms with Crippen molar-refractivity contribution < 1.29 is 19.1 Å². The molecular formula is C14H18N2O4S. The SMILES string of the molecule is COCNC(=O)C1CSC(=O)N1Cc1ccc(OC)cc1. The highest BCUT2D eigenvalue weighted by atomic mass is 32.2. The quantitative estimate of drug-likeness (QED) is 0.806. The second-order valence-electron chi connectivity index (χ2n) is 4.54. The number of thioether (sulfide) groups is 1. The Morgan fingerprint density at radius 2 is 2.10 bits per heavy atom. The molecule has 1 aliphatic heterocycles. The van der Waals surface area contributed by atoms with Crippen LogP contribution in [0.2, 0.25) is 0 Å². The number of nitrogens with one attached hydrogen (secondary N) is 1. The molecule has 1 heterocycles. The zero-order valence-electron chi connectivity index (χ0n) is 12.0. The molecule has 1 atom stereocenters. The lowest BCUT2D eigenvalue weighted by molar-refractivity contribution is -0.126. The van der Waals surface area contributed by atoms with Gasteiger partial charge in [-0.05, 0) is 17.7 Å². The van der Waals surface area contributed by atoms with E-state index in [-0.39, 0.29) is 17.9 Å². The number of amides is 2. The van der Waals surface area contributed by atoms with Gasteiger partial charge in [0, 0.05) is 19.4 Å². The lowest BCUT2D eigenvalue weighted by Crippen LogP contribution is -2.45. The minimum Gasteiger partial charge on any atom is -0.497 e. The third-order valence-corrected chi connectivity index (χ3v) is 4.14. The van der Waals surface area contributed by atoms with Gasteiger partial charge in [0.05, 0.1) is 7.11 Å². The number of hydrogen-bond donors (Lipinski definition) is 1. The molecule has 6 nitrogen and oxygen atoms in total. The van der Waals surface area contributed by atoms with Crippen molar-refractivity contribution in [3.8, 4) is 5.75 Å². The van der Waals surface area contributed by atoms with Crippen LogP contribution in [0, 0.1) is 0 Å². The van der Waals surface area contributed by atoms with E-state index in [1.54, 1.807) is 12.0 Å². The number of ether oxygens (including phenoxy) is 2. The predicted molar refractivity (Wildman–Crippen MR) is 80.2 cm³/mol. The number of benzene rings is 1. The Balaban J connectivity index is 2.04. The summed E-state index contributed by atoms with van der Waals surface area (Å²) < 4.78 is 9.92. The Morgan fingerprint density at radius 3 is 2.71 bits per heavy atom. The predicted octanol–water partition coefficient (Wildman–Crippen LogP) is 1.45. The Morgan fingerprint density at radius 1 is 1.38 bits per heavy atom. The molecule has 0 spiro atoms. The van der Waals surface area contributed by atoms with Crippen LogP contribution in [0.25, 0.3) is 0 Å². The minimum atomic E-state index is -0.459. The van der Waals surface area contributed by atoms with E-state index in [0.717, 1.165) is 23.1 Å². The van der Waals surface area contributed by atoms with Gasteiger partial charge in [0.1, 0.15) is 18.5 Å². The minimum absolute atomic E-state index is 0.0802. The second kappa shape index (κ2) is 7.33. The van der Waals surface area contributed by atoms with Crippen LogP contribution in [-0.4, -0.2) is 48.8 Å². The van der Waals surface area contributed by atoms with E-state index >= 15 is 0 Å². The topological polar surface area (TPSA) is 67.9 Å². The van der Waals surface area contributed by atoms with E-state index in [4.69, 9.17) is 9.47 Å². The second-order valence-corrected chi connectivity index (χ2v) is 5.51. The summed E-state index contributed by atoms with van der Waals surface area (Å²) in [6.45, 7) is 0.547. The van der Waals surface area contributed by atoms with Crippen molar-refractivity contribution >= 4 is 22.9 Å². The zero-order chi connectivity index (χ0) is 15.2. The first-order chi connectivity index (χ1) is 10.2. The molecule has 2 rings (SSSR count). The molecule has 0 aliphatic carbocycles. The number of carbonyl (C=O) groups is 2. The van der Waals surface area contributed by atoms with Gasteiger partial charge >= 0.3 is 0 Å². The van der Waals surface area contributed by atoms with Crippen LogP contribution in [0.3, 0.4) is 0 Å². The molecule has 114 valence electrons. The highest BCUT2D eigenvalue weighted by Crippen LogP contribution is 2.26. The molecule has 1 saturated heterocycles. The number of rotatable bonds is 6. The monoisotopic (exact) mass is 310 g/mol. The first-order valence-corrected chi connectivity index (χ1v) is 7.47. The van der Waals surface area contributed by atoms with E-state index in [0.29, 0.717) is 12.3 Å². The van der Waals surface area contributed by atoms with Gasteiger partial charge in [-0.15, -0.1) is 0 Å². The van der Waals surface area contributed by atoms with Gasteiger partial charge in [0.2, 0.25) is 5.91 Å². The molecule has 2 amide bonds. The number of nitrogens with zero attached hydrogens (tertiary/aromatic N) is 1. The highest BCUT2D eigenvalue weighted by molar-refractivity contribution is 8.13. The fourth-order valence-corrected chi connectivity index (χ4v) is 3.02. The summed E-state index contributed by atoms with van der Waals surface area (Å²) in [5, 5.41) is 2.56. The molecule has 0 saturated carbocycles. The van der Waals surface area contributed by atoms with Crippen LogP contribution >= 0.6 is 11.8 Å². The van der Waals surface area contributed by atoms with Gasteiger partial charge < -0.3 is 19.7 Å². The maximum atomic E-state index is 12.0. The molecule has 1 fully saturated rings. The third kappa shape index (κ3) is 3.89. The van der Waals surface area contributed by atoms with Gasteiger partial charge in [-0.25, -0.2) is 0 Å². The standard InChI is InChI=1S/C14H18N2O4S/c1-19-9-15-13(17)12-8-21-14(18)16(12)7-10-3-5-11(20-2)6-4-10/h3-6,12H,7-9H2,1-2H3,(H,15,17).